The predicted octanol–water partition coefficient (Wildman–Crippen LogP) is 3.09. The van der Waals surface area contributed by atoms with Crippen molar-refractivity contribution in [3.63, 3.8) is 0 Å². The number of nitrogens with one attached hydrogen (secondary N) is 1. The molecule has 0 aliphatic carbocycles. The molecule has 1 heterocycles. The molecule has 0 atom stereocenters. The Hall–Kier alpha value is -1.81. The van der Waals surface area contributed by atoms with Crippen LogP contribution in [-0.4, -0.2) is 5.91 Å². The number of alkyl halides is 1. The van der Waals surface area contributed by atoms with E-state index in [1.807, 2.05) is 0 Å². The van der Waals surface area contributed by atoms with Crippen molar-refractivity contribution < 1.29 is 13.6 Å². The number of halogens is 2. The first-order chi connectivity index (χ1) is 8.70. The van der Waals surface area contributed by atoms with Crippen molar-refractivity contribution >= 4 is 17.5 Å². The van der Waals surface area contributed by atoms with E-state index < -0.39 is 5.91 Å². The van der Waals surface area contributed by atoms with E-state index in [2.05, 4.69) is 5.32 Å². The molecule has 0 saturated carbocycles. The van der Waals surface area contributed by atoms with Gasteiger partial charge >= 0.3 is 0 Å². The van der Waals surface area contributed by atoms with Crippen molar-refractivity contribution in [2.24, 2.45) is 0 Å². The number of benzene rings is 1. The van der Waals surface area contributed by atoms with Crippen LogP contribution in [0.2, 0.25) is 0 Å². The summed E-state index contributed by atoms with van der Waals surface area (Å²) in [7, 11) is 0. The van der Waals surface area contributed by atoms with Crippen LogP contribution in [0.1, 0.15) is 21.9 Å². The van der Waals surface area contributed by atoms with Crippen molar-refractivity contribution in [3.8, 4) is 0 Å². The lowest BCUT2D eigenvalue weighted by Crippen LogP contribution is -2.22. The summed E-state index contributed by atoms with van der Waals surface area (Å²) >= 11 is 5.56. The topological polar surface area (TPSA) is 42.2 Å². The van der Waals surface area contributed by atoms with Crippen LogP contribution in [0, 0.1) is 5.82 Å². The van der Waals surface area contributed by atoms with Crippen LogP contribution in [0.25, 0.3) is 0 Å². The smallest absolute Gasteiger partial charge is 0.287 e. The lowest BCUT2D eigenvalue weighted by Gasteiger charge is -2.04. The fourth-order valence-corrected chi connectivity index (χ4v) is 1.62. The van der Waals surface area contributed by atoms with Crippen molar-refractivity contribution in [2.75, 3.05) is 0 Å². The van der Waals surface area contributed by atoms with Crippen LogP contribution < -0.4 is 5.32 Å². The Bertz CT molecular complexity index is 553. The zero-order valence-corrected chi connectivity index (χ0v) is 10.2. The normalized spacial score (nSPS) is 10.3. The zero-order chi connectivity index (χ0) is 13.0. The highest BCUT2D eigenvalue weighted by Gasteiger charge is 2.11. The highest BCUT2D eigenvalue weighted by Crippen LogP contribution is 2.11. The minimum absolute atomic E-state index is 0.114. The molecule has 0 aliphatic heterocycles. The molecular weight excluding hydrogens is 257 g/mol. The Labute approximate surface area is 109 Å². The second-order valence-electron chi connectivity index (χ2n) is 3.67. The summed E-state index contributed by atoms with van der Waals surface area (Å²) in [5.74, 6) is 0.156. The molecule has 1 aromatic carbocycles. The second-order valence-corrected chi connectivity index (χ2v) is 3.94. The molecule has 1 amide bonds. The summed E-state index contributed by atoms with van der Waals surface area (Å²) in [6, 6.07) is 9.43. The van der Waals surface area contributed by atoms with Crippen molar-refractivity contribution in [1.29, 1.82) is 0 Å². The summed E-state index contributed by atoms with van der Waals surface area (Å²) in [6.45, 7) is 0.114. The van der Waals surface area contributed by atoms with Gasteiger partial charge < -0.3 is 9.73 Å². The van der Waals surface area contributed by atoms with Crippen molar-refractivity contribution in [3.05, 3.63) is 59.3 Å². The molecule has 5 heteroatoms. The quantitative estimate of drug-likeness (QED) is 0.865. The molecule has 0 aliphatic rings. The monoisotopic (exact) mass is 267 g/mol. The molecule has 94 valence electrons. The van der Waals surface area contributed by atoms with Crippen LogP contribution in [0.5, 0.6) is 0 Å². The van der Waals surface area contributed by atoms with E-state index >= 15 is 0 Å². The molecule has 0 unspecified atom stereocenters. The Morgan fingerprint density at radius 3 is 2.72 bits per heavy atom. The molecule has 1 aromatic heterocycles. The van der Waals surface area contributed by atoms with Gasteiger partial charge in [0, 0.05) is 12.1 Å². The number of carbonyl (C=O) groups is 1. The Morgan fingerprint density at radius 2 is 2.06 bits per heavy atom. The fraction of sp³-hybridized carbons (Fsp3) is 0.154. The molecule has 1 N–H and O–H groups in total. The molecule has 0 fully saturated rings. The number of hydrogen-bond acceptors (Lipinski definition) is 2. The molecule has 0 saturated heterocycles. The maximum absolute atomic E-state index is 13.3. The van der Waals surface area contributed by atoms with E-state index in [0.29, 0.717) is 11.3 Å². The van der Waals surface area contributed by atoms with E-state index in [4.69, 9.17) is 16.0 Å². The second kappa shape index (κ2) is 5.69. The van der Waals surface area contributed by atoms with Crippen LogP contribution in [0.4, 0.5) is 4.39 Å². The van der Waals surface area contributed by atoms with Gasteiger partial charge in [-0.3, -0.25) is 4.79 Å². The molecule has 3 nitrogen and oxygen atoms in total. The molecule has 18 heavy (non-hydrogen) atoms. The maximum Gasteiger partial charge on any atom is 0.287 e. The van der Waals surface area contributed by atoms with Gasteiger partial charge in [0.05, 0.1) is 5.88 Å². The predicted molar refractivity (Wildman–Crippen MR) is 65.8 cm³/mol. The summed E-state index contributed by atoms with van der Waals surface area (Å²) in [4.78, 5) is 11.7. The molecule has 0 radical (unpaired) electrons. The standard InChI is InChI=1S/C13H11ClFNO2/c14-7-10-5-6-12(18-10)13(17)16-8-9-3-1-2-4-11(9)15/h1-6H,7-8H2,(H,16,17). The van der Waals surface area contributed by atoms with E-state index in [1.54, 1.807) is 24.3 Å². The first-order valence-corrected chi connectivity index (χ1v) is 5.90. The summed E-state index contributed by atoms with van der Waals surface area (Å²) in [6.07, 6.45) is 0. The van der Waals surface area contributed by atoms with Gasteiger partial charge in [-0.15, -0.1) is 11.6 Å². The number of carbonyl (C=O) groups excluding carboxylic acids is 1. The number of rotatable bonds is 4. The first-order valence-electron chi connectivity index (χ1n) is 5.37. The lowest BCUT2D eigenvalue weighted by atomic mass is 10.2. The highest BCUT2D eigenvalue weighted by molar-refractivity contribution is 6.16. The summed E-state index contributed by atoms with van der Waals surface area (Å²) < 4.78 is 18.5. The molecule has 0 spiro atoms. The maximum atomic E-state index is 13.3. The van der Waals surface area contributed by atoms with Gasteiger partial charge in [0.25, 0.3) is 5.91 Å². The lowest BCUT2D eigenvalue weighted by molar-refractivity contribution is 0.0921. The number of amides is 1. The fourth-order valence-electron chi connectivity index (χ4n) is 1.48. The summed E-state index contributed by atoms with van der Waals surface area (Å²) in [5, 5.41) is 2.58. The third-order valence-electron chi connectivity index (χ3n) is 2.41. The minimum Gasteiger partial charge on any atom is -0.455 e. The van der Waals surface area contributed by atoms with Gasteiger partial charge in [0.1, 0.15) is 11.6 Å². The van der Waals surface area contributed by atoms with Crippen molar-refractivity contribution in [1.82, 2.24) is 5.32 Å². The van der Waals surface area contributed by atoms with Gasteiger partial charge in [-0.1, -0.05) is 18.2 Å². The third kappa shape index (κ3) is 2.90. The van der Waals surface area contributed by atoms with Gasteiger partial charge in [0.15, 0.2) is 5.76 Å². The van der Waals surface area contributed by atoms with Gasteiger partial charge in [0.2, 0.25) is 0 Å². The van der Waals surface area contributed by atoms with Crippen molar-refractivity contribution in [2.45, 2.75) is 12.4 Å². The van der Waals surface area contributed by atoms with Crippen LogP contribution in [0.15, 0.2) is 40.8 Å². The van der Waals surface area contributed by atoms with Gasteiger partial charge in [-0.25, -0.2) is 4.39 Å². The zero-order valence-electron chi connectivity index (χ0n) is 9.45. The third-order valence-corrected chi connectivity index (χ3v) is 2.68. The van der Waals surface area contributed by atoms with E-state index in [-0.39, 0.29) is 24.0 Å². The SMILES string of the molecule is O=C(NCc1ccccc1F)c1ccc(CCl)o1. The number of furan rings is 1. The van der Waals surface area contributed by atoms with Crippen LogP contribution >= 0.6 is 11.6 Å². The van der Waals surface area contributed by atoms with E-state index in [0.717, 1.165) is 0 Å². The highest BCUT2D eigenvalue weighted by atomic mass is 35.5. The molecular formula is C13H11ClFNO2. The van der Waals surface area contributed by atoms with Crippen LogP contribution in [-0.2, 0) is 12.4 Å². The average Bonchev–Trinajstić information content (AvgIpc) is 2.86. The average molecular weight is 268 g/mol. The molecule has 2 aromatic rings. The molecule has 2 rings (SSSR count). The number of hydrogen-bond donors (Lipinski definition) is 1. The Morgan fingerprint density at radius 1 is 1.28 bits per heavy atom. The first kappa shape index (κ1) is 12.6. The Kier molecular flexibility index (Phi) is 3.99. The van der Waals surface area contributed by atoms with E-state index in [9.17, 15) is 9.18 Å². The minimum atomic E-state index is -0.394. The molecule has 0 bridgehead atoms. The Balaban J connectivity index is 1.98. The largest absolute Gasteiger partial charge is 0.455 e. The summed E-state index contributed by atoms with van der Waals surface area (Å²) in [5.41, 5.74) is 0.426. The van der Waals surface area contributed by atoms with Crippen LogP contribution in [0.3, 0.4) is 0 Å². The van der Waals surface area contributed by atoms with E-state index in [1.165, 1.54) is 12.1 Å². The van der Waals surface area contributed by atoms with Gasteiger partial charge in [-0.05, 0) is 18.2 Å². The van der Waals surface area contributed by atoms with Gasteiger partial charge in [-0.2, -0.15) is 0 Å².